The molecule has 192 valence electrons. The van der Waals surface area contributed by atoms with Crippen molar-refractivity contribution < 1.29 is 23.9 Å². The Labute approximate surface area is 229 Å². The third-order valence-electron chi connectivity index (χ3n) is 8.07. The minimum Gasteiger partial charge on any atom is -0.497 e. The van der Waals surface area contributed by atoms with Crippen LogP contribution in [0.15, 0.2) is 91.0 Å². The van der Waals surface area contributed by atoms with Crippen LogP contribution in [0, 0.1) is 17.8 Å². The number of imide groups is 1. The van der Waals surface area contributed by atoms with Gasteiger partial charge in [-0.2, -0.15) is 0 Å². The van der Waals surface area contributed by atoms with Gasteiger partial charge in [-0.3, -0.25) is 14.4 Å². The highest BCUT2D eigenvalue weighted by molar-refractivity contribution is 6.31. The Bertz CT molecular complexity index is 1710. The summed E-state index contributed by atoms with van der Waals surface area (Å²) in [5, 5.41) is 2.27. The second kappa shape index (κ2) is 8.82. The third-order valence-corrected chi connectivity index (χ3v) is 8.32. The van der Waals surface area contributed by atoms with Crippen LogP contribution in [0.25, 0.3) is 16.3 Å². The zero-order valence-corrected chi connectivity index (χ0v) is 21.6. The van der Waals surface area contributed by atoms with Crippen molar-refractivity contribution in [2.75, 3.05) is 12.0 Å². The zero-order valence-electron chi connectivity index (χ0n) is 20.8. The van der Waals surface area contributed by atoms with E-state index in [0.717, 1.165) is 21.9 Å². The molecule has 39 heavy (non-hydrogen) atoms. The summed E-state index contributed by atoms with van der Waals surface area (Å²) in [6.45, 7) is 0. The lowest BCUT2D eigenvalue weighted by Crippen LogP contribution is -2.42. The topological polar surface area (TPSA) is 72.9 Å². The van der Waals surface area contributed by atoms with E-state index >= 15 is 0 Å². The van der Waals surface area contributed by atoms with Gasteiger partial charge in [0.2, 0.25) is 11.8 Å². The van der Waals surface area contributed by atoms with Gasteiger partial charge in [-0.25, -0.2) is 4.90 Å². The molecule has 2 aliphatic heterocycles. The maximum atomic E-state index is 14.1. The SMILES string of the molecule is COc1ccc([C@@H]2C=C3c4ccc5ccccc5c4OC(=O)[C@@H]3[C@@H]3C(=O)N(c4ccc(Cl)cc4)C(=O)[C@H]32)cc1. The van der Waals surface area contributed by atoms with Crippen LogP contribution in [0.2, 0.25) is 5.02 Å². The molecule has 0 aromatic heterocycles. The molecule has 0 saturated carbocycles. The van der Waals surface area contributed by atoms with Gasteiger partial charge in [-0.1, -0.05) is 66.2 Å². The molecule has 2 amide bonds. The summed E-state index contributed by atoms with van der Waals surface area (Å²) in [5.41, 5.74) is 2.76. The smallest absolute Gasteiger partial charge is 0.319 e. The largest absolute Gasteiger partial charge is 0.497 e. The van der Waals surface area contributed by atoms with Gasteiger partial charge in [0.1, 0.15) is 11.5 Å². The minimum absolute atomic E-state index is 0.347. The van der Waals surface area contributed by atoms with Crippen LogP contribution < -0.4 is 14.4 Å². The monoisotopic (exact) mass is 535 g/mol. The third kappa shape index (κ3) is 3.52. The molecule has 0 bridgehead atoms. The van der Waals surface area contributed by atoms with Crippen molar-refractivity contribution in [3.05, 3.63) is 107 Å². The van der Waals surface area contributed by atoms with Gasteiger partial charge < -0.3 is 9.47 Å². The number of hydrogen-bond acceptors (Lipinski definition) is 5. The zero-order chi connectivity index (χ0) is 26.8. The molecule has 3 aliphatic rings. The van der Waals surface area contributed by atoms with E-state index in [2.05, 4.69) is 0 Å². The molecule has 7 heteroatoms. The quantitative estimate of drug-likeness (QED) is 0.182. The first-order valence-electron chi connectivity index (χ1n) is 12.7. The first-order chi connectivity index (χ1) is 19.0. The molecule has 0 N–H and O–H groups in total. The number of hydrogen-bond donors (Lipinski definition) is 0. The van der Waals surface area contributed by atoms with Crippen LogP contribution in [0.3, 0.4) is 0 Å². The number of fused-ring (bicyclic) bond motifs is 7. The summed E-state index contributed by atoms with van der Waals surface area (Å²) < 4.78 is 11.3. The van der Waals surface area contributed by atoms with E-state index in [4.69, 9.17) is 21.1 Å². The molecule has 4 aromatic carbocycles. The number of carbonyl (C=O) groups excluding carboxylic acids is 3. The number of halogens is 1. The molecule has 0 radical (unpaired) electrons. The molecule has 4 atom stereocenters. The second-order valence-electron chi connectivity index (χ2n) is 10.0. The molecule has 7 rings (SSSR count). The number of rotatable bonds is 3. The number of amides is 2. The van der Waals surface area contributed by atoms with Crippen molar-refractivity contribution in [2.45, 2.75) is 5.92 Å². The minimum atomic E-state index is -0.910. The first-order valence-corrected chi connectivity index (χ1v) is 13.1. The van der Waals surface area contributed by atoms with E-state index < -0.39 is 35.5 Å². The molecule has 6 nitrogen and oxygen atoms in total. The Balaban J connectivity index is 1.43. The average Bonchev–Trinajstić information content (AvgIpc) is 3.23. The fourth-order valence-corrected chi connectivity index (χ4v) is 6.41. The predicted octanol–water partition coefficient (Wildman–Crippen LogP) is 6.02. The Morgan fingerprint density at radius 3 is 2.28 bits per heavy atom. The Kier molecular flexibility index (Phi) is 5.35. The highest BCUT2D eigenvalue weighted by Gasteiger charge is 2.60. The highest BCUT2D eigenvalue weighted by Crippen LogP contribution is 2.55. The average molecular weight is 536 g/mol. The van der Waals surface area contributed by atoms with Gasteiger partial charge in [0.05, 0.1) is 30.6 Å². The molecular formula is C32H22ClNO5. The van der Waals surface area contributed by atoms with Crippen molar-refractivity contribution in [3.8, 4) is 11.5 Å². The summed E-state index contributed by atoms with van der Waals surface area (Å²) in [5.74, 6) is -3.13. The number of methoxy groups -OCH3 is 1. The maximum Gasteiger partial charge on any atom is 0.319 e. The van der Waals surface area contributed by atoms with Crippen molar-refractivity contribution in [1.29, 1.82) is 0 Å². The maximum absolute atomic E-state index is 14.1. The Hall–Kier alpha value is -4.42. The molecule has 1 saturated heterocycles. The van der Waals surface area contributed by atoms with E-state index in [1.807, 2.05) is 66.7 Å². The fourth-order valence-electron chi connectivity index (χ4n) is 6.28. The van der Waals surface area contributed by atoms with Crippen LogP contribution in [0.1, 0.15) is 17.0 Å². The van der Waals surface area contributed by atoms with E-state index in [9.17, 15) is 14.4 Å². The lowest BCUT2D eigenvalue weighted by Gasteiger charge is -2.38. The molecule has 1 aliphatic carbocycles. The summed E-state index contributed by atoms with van der Waals surface area (Å²) in [6, 6.07) is 25.7. The molecule has 2 heterocycles. The first kappa shape index (κ1) is 23.7. The van der Waals surface area contributed by atoms with Gasteiger partial charge in [0, 0.05) is 21.9 Å². The number of allylic oxidation sites excluding steroid dienone is 1. The second-order valence-corrected chi connectivity index (χ2v) is 10.5. The van der Waals surface area contributed by atoms with Gasteiger partial charge >= 0.3 is 5.97 Å². The fraction of sp³-hybridized carbons (Fsp3) is 0.156. The van der Waals surface area contributed by atoms with Gasteiger partial charge in [0.15, 0.2) is 0 Å². The van der Waals surface area contributed by atoms with Crippen LogP contribution in [0.4, 0.5) is 5.69 Å². The van der Waals surface area contributed by atoms with E-state index in [1.54, 1.807) is 31.4 Å². The summed E-state index contributed by atoms with van der Waals surface area (Å²) in [4.78, 5) is 42.9. The highest BCUT2D eigenvalue weighted by atomic mass is 35.5. The van der Waals surface area contributed by atoms with Gasteiger partial charge in [0.25, 0.3) is 0 Å². The van der Waals surface area contributed by atoms with Crippen LogP contribution in [0.5, 0.6) is 11.5 Å². The molecule has 1 fully saturated rings. The van der Waals surface area contributed by atoms with Crippen LogP contribution in [-0.2, 0) is 14.4 Å². The van der Waals surface area contributed by atoms with E-state index in [0.29, 0.717) is 27.8 Å². The molecular weight excluding hydrogens is 514 g/mol. The van der Waals surface area contributed by atoms with E-state index in [-0.39, 0.29) is 5.91 Å². The normalized spacial score (nSPS) is 23.6. The molecule has 4 aromatic rings. The Morgan fingerprint density at radius 1 is 0.821 bits per heavy atom. The number of carbonyl (C=O) groups is 3. The van der Waals surface area contributed by atoms with Gasteiger partial charge in [-0.15, -0.1) is 0 Å². The summed E-state index contributed by atoms with van der Waals surface area (Å²) >= 11 is 6.07. The van der Waals surface area contributed by atoms with Gasteiger partial charge in [-0.05, 0) is 52.9 Å². The summed E-state index contributed by atoms with van der Waals surface area (Å²) in [6.07, 6.45) is 1.98. The van der Waals surface area contributed by atoms with E-state index in [1.165, 1.54) is 4.90 Å². The molecule has 0 spiro atoms. The van der Waals surface area contributed by atoms with Crippen LogP contribution in [-0.4, -0.2) is 24.9 Å². The number of ether oxygens (including phenoxy) is 2. The van der Waals surface area contributed by atoms with Crippen molar-refractivity contribution in [1.82, 2.24) is 0 Å². The number of anilines is 1. The lowest BCUT2D eigenvalue weighted by atomic mass is 9.64. The Morgan fingerprint density at radius 2 is 1.54 bits per heavy atom. The van der Waals surface area contributed by atoms with Crippen molar-refractivity contribution in [3.63, 3.8) is 0 Å². The number of benzene rings is 4. The predicted molar refractivity (Wildman–Crippen MR) is 148 cm³/mol. The molecule has 0 unspecified atom stereocenters. The van der Waals surface area contributed by atoms with Crippen molar-refractivity contribution >= 4 is 51.4 Å². The summed E-state index contributed by atoms with van der Waals surface area (Å²) in [7, 11) is 1.59. The van der Waals surface area contributed by atoms with Crippen LogP contribution >= 0.6 is 11.6 Å². The number of esters is 1. The van der Waals surface area contributed by atoms with Crippen molar-refractivity contribution in [2.24, 2.45) is 17.8 Å². The lowest BCUT2D eigenvalue weighted by molar-refractivity contribution is -0.142. The standard InChI is InChI=1S/C32H22ClNO5/c1-38-21-13-6-18(7-14-21)24-16-25-23-15-8-17-4-2-3-5-22(17)29(23)39-32(37)27(25)28-26(24)30(35)34(31(28)36)20-11-9-19(33)10-12-20/h2-16,24,26-28H,1H3/t24-,26-,27-,28+/m0/s1. The number of nitrogens with zero attached hydrogens (tertiary/aromatic N) is 1.